The van der Waals surface area contributed by atoms with Gasteiger partial charge in [0.05, 0.1) is 25.9 Å². The van der Waals surface area contributed by atoms with Crippen LogP contribution in [0.5, 0.6) is 0 Å². The molecule has 2 unspecified atom stereocenters. The molecule has 0 radical (unpaired) electrons. The zero-order valence-corrected chi connectivity index (χ0v) is 29.4. The number of nitrogens with zero attached hydrogens (tertiary/aromatic N) is 1. The van der Waals surface area contributed by atoms with Crippen molar-refractivity contribution in [3.8, 4) is 0 Å². The average Bonchev–Trinajstić information content (AvgIpc) is 3.32. The van der Waals surface area contributed by atoms with Gasteiger partial charge in [-0.1, -0.05) is 94.4 Å². The third-order valence-electron chi connectivity index (χ3n) is 10.6. The van der Waals surface area contributed by atoms with E-state index in [0.29, 0.717) is 29.0 Å². The zero-order chi connectivity index (χ0) is 34.8. The minimum Gasteiger partial charge on any atom is -0.467 e. The molecule has 3 N–H and O–H groups in total. The first kappa shape index (κ1) is 35.1. The summed E-state index contributed by atoms with van der Waals surface area (Å²) in [7, 11) is 1.31. The second-order valence-electron chi connectivity index (χ2n) is 15.5. The average molecular weight is 670 g/mol. The normalized spacial score (nSPS) is 28.4. The third kappa shape index (κ3) is 8.35. The van der Waals surface area contributed by atoms with Gasteiger partial charge in [0.15, 0.2) is 6.29 Å². The predicted octanol–water partition coefficient (Wildman–Crippen LogP) is 6.78. The Kier molecular flexibility index (Phi) is 10.5. The molecule has 9 heteroatoms. The number of aliphatic hydroxyl groups excluding tert-OH is 1. The molecule has 3 aromatic rings. The van der Waals surface area contributed by atoms with Crippen LogP contribution in [0, 0.1) is 16.7 Å². The van der Waals surface area contributed by atoms with Crippen molar-refractivity contribution >= 4 is 17.7 Å². The number of hydrogen-bond donors (Lipinski definition) is 3. The standard InChI is InChI=1S/C40H51N3O6/c1-26-34(22-43-25-40(4)21-32(43)20-39(2,3)24-40)48-37(49-35(26)29-13-11-28(23-44)12-14-29)30-15-17-31(18-16-30)41-38(46)42-33(36(45)47-5)19-27-9-7-6-8-10-27/h6-18,26,32-35,37,44H,19-25H2,1-5H3,(H2,41,42,46)/t26-,32?,33-,34+,35+,37+,40?/m0/s1. The Morgan fingerprint density at radius 3 is 2.31 bits per heavy atom. The molecular formula is C40H51N3O6. The highest BCUT2D eigenvalue weighted by Crippen LogP contribution is 2.53. The van der Waals surface area contributed by atoms with E-state index in [1.54, 1.807) is 0 Å². The number of aliphatic hydroxyl groups is 1. The summed E-state index contributed by atoms with van der Waals surface area (Å²) < 4.78 is 18.4. The van der Waals surface area contributed by atoms with Gasteiger partial charge in [0.1, 0.15) is 6.04 Å². The van der Waals surface area contributed by atoms with Crippen LogP contribution in [-0.2, 0) is 32.0 Å². The highest BCUT2D eigenvalue weighted by molar-refractivity contribution is 5.92. The van der Waals surface area contributed by atoms with Crippen LogP contribution in [0.1, 0.15) is 81.6 Å². The SMILES string of the molecule is COC(=O)[C@H](Cc1ccccc1)NC(=O)Nc1ccc([C@@H]2O[C@H](CN3CC4(C)CC3CC(C)(C)C4)[C@H](C)[C@H](c3ccc(CO)cc3)O2)cc1. The van der Waals surface area contributed by atoms with Crippen LogP contribution in [0.25, 0.3) is 0 Å². The van der Waals surface area contributed by atoms with Crippen molar-refractivity contribution in [2.75, 3.05) is 25.5 Å². The first-order chi connectivity index (χ1) is 23.4. The van der Waals surface area contributed by atoms with E-state index in [2.05, 4.69) is 43.2 Å². The number of fused-ring (bicyclic) bond motifs is 2. The number of ether oxygens (including phenoxy) is 3. The van der Waals surface area contributed by atoms with E-state index in [1.807, 2.05) is 78.9 Å². The van der Waals surface area contributed by atoms with Crippen molar-refractivity contribution in [1.29, 1.82) is 0 Å². The molecule has 6 rings (SSSR count). The van der Waals surface area contributed by atoms with E-state index in [0.717, 1.165) is 35.3 Å². The summed E-state index contributed by atoms with van der Waals surface area (Å²) >= 11 is 0. The van der Waals surface area contributed by atoms with E-state index in [1.165, 1.54) is 26.4 Å². The Hall–Kier alpha value is -3.76. The number of amides is 2. The van der Waals surface area contributed by atoms with Gasteiger partial charge in [0, 0.05) is 42.7 Å². The molecule has 7 atom stereocenters. The van der Waals surface area contributed by atoms with Gasteiger partial charge < -0.3 is 30.0 Å². The van der Waals surface area contributed by atoms with Crippen molar-refractivity contribution in [2.45, 2.75) is 90.6 Å². The molecule has 9 nitrogen and oxygen atoms in total. The first-order valence-electron chi connectivity index (χ1n) is 17.5. The second kappa shape index (κ2) is 14.6. The van der Waals surface area contributed by atoms with Gasteiger partial charge in [0.2, 0.25) is 0 Å². The molecule has 1 saturated carbocycles. The Balaban J connectivity index is 1.16. The number of nitrogens with one attached hydrogen (secondary N) is 2. The number of esters is 1. The van der Waals surface area contributed by atoms with Gasteiger partial charge in [-0.3, -0.25) is 4.90 Å². The molecule has 262 valence electrons. The molecular weight excluding hydrogens is 618 g/mol. The van der Waals surface area contributed by atoms with Crippen LogP contribution in [0.2, 0.25) is 0 Å². The Morgan fingerprint density at radius 1 is 0.939 bits per heavy atom. The summed E-state index contributed by atoms with van der Waals surface area (Å²) in [6.07, 6.45) is 3.13. The highest BCUT2D eigenvalue weighted by atomic mass is 16.7. The smallest absolute Gasteiger partial charge is 0.328 e. The molecule has 2 aliphatic heterocycles. The van der Waals surface area contributed by atoms with Crippen molar-refractivity contribution in [2.24, 2.45) is 16.7 Å². The lowest BCUT2D eigenvalue weighted by Crippen LogP contribution is -2.46. The molecule has 3 aromatic carbocycles. The largest absolute Gasteiger partial charge is 0.467 e. The van der Waals surface area contributed by atoms with Crippen molar-refractivity contribution in [1.82, 2.24) is 10.2 Å². The molecule has 0 spiro atoms. The van der Waals surface area contributed by atoms with Crippen LogP contribution in [0.4, 0.5) is 10.5 Å². The Morgan fingerprint density at radius 2 is 1.63 bits per heavy atom. The maximum absolute atomic E-state index is 13.0. The molecule has 3 fully saturated rings. The minimum absolute atomic E-state index is 0.00401. The summed E-state index contributed by atoms with van der Waals surface area (Å²) in [5, 5.41) is 15.2. The number of hydrogen-bond acceptors (Lipinski definition) is 7. The highest BCUT2D eigenvalue weighted by Gasteiger charge is 2.51. The topological polar surface area (TPSA) is 109 Å². The molecule has 2 saturated heterocycles. The maximum Gasteiger partial charge on any atom is 0.328 e. The number of methoxy groups -OCH3 is 1. The number of rotatable bonds is 10. The third-order valence-corrected chi connectivity index (χ3v) is 10.6. The molecule has 1 aliphatic carbocycles. The zero-order valence-electron chi connectivity index (χ0n) is 29.4. The van der Waals surface area contributed by atoms with Gasteiger partial charge in [-0.2, -0.15) is 0 Å². The Labute approximate surface area is 290 Å². The number of carbonyl (C=O) groups excluding carboxylic acids is 2. The van der Waals surface area contributed by atoms with Crippen LogP contribution in [0.3, 0.4) is 0 Å². The van der Waals surface area contributed by atoms with E-state index in [4.69, 9.17) is 14.2 Å². The number of benzene rings is 3. The van der Waals surface area contributed by atoms with Gasteiger partial charge in [0.25, 0.3) is 0 Å². The minimum atomic E-state index is -0.832. The van der Waals surface area contributed by atoms with E-state index < -0.39 is 24.3 Å². The quantitative estimate of drug-likeness (QED) is 0.204. The molecule has 49 heavy (non-hydrogen) atoms. The predicted molar refractivity (Wildman–Crippen MR) is 189 cm³/mol. The molecule has 0 aromatic heterocycles. The number of carbonyl (C=O) groups is 2. The summed E-state index contributed by atoms with van der Waals surface area (Å²) in [6, 6.07) is 24.2. The Bertz CT molecular complexity index is 1580. The van der Waals surface area contributed by atoms with E-state index in [9.17, 15) is 14.7 Å². The monoisotopic (exact) mass is 669 g/mol. The summed E-state index contributed by atoms with van der Waals surface area (Å²) in [4.78, 5) is 28.0. The molecule has 2 heterocycles. The van der Waals surface area contributed by atoms with Crippen LogP contribution < -0.4 is 10.6 Å². The number of urea groups is 1. The van der Waals surface area contributed by atoms with E-state index >= 15 is 0 Å². The fraction of sp³-hybridized carbons (Fsp3) is 0.500. The number of likely N-dealkylation sites (tertiary alicyclic amines) is 1. The first-order valence-corrected chi connectivity index (χ1v) is 17.5. The molecule has 3 aliphatic rings. The van der Waals surface area contributed by atoms with Crippen molar-refractivity contribution in [3.63, 3.8) is 0 Å². The lowest BCUT2D eigenvalue weighted by atomic mass is 9.65. The van der Waals surface area contributed by atoms with Crippen LogP contribution >= 0.6 is 0 Å². The van der Waals surface area contributed by atoms with Gasteiger partial charge >= 0.3 is 12.0 Å². The lowest BCUT2D eigenvalue weighted by Gasteiger charge is -2.43. The summed E-state index contributed by atoms with van der Waals surface area (Å²) in [5.41, 5.74) is 4.92. The van der Waals surface area contributed by atoms with Crippen LogP contribution in [0.15, 0.2) is 78.9 Å². The molecule has 2 amide bonds. The summed E-state index contributed by atoms with van der Waals surface area (Å²) in [6.45, 7) is 11.4. The maximum atomic E-state index is 13.0. The molecule has 2 bridgehead atoms. The van der Waals surface area contributed by atoms with Crippen LogP contribution in [-0.4, -0.2) is 60.4 Å². The lowest BCUT2D eigenvalue weighted by molar-refractivity contribution is -0.276. The fourth-order valence-corrected chi connectivity index (χ4v) is 8.58. The van der Waals surface area contributed by atoms with Crippen molar-refractivity contribution < 1.29 is 28.9 Å². The van der Waals surface area contributed by atoms with Gasteiger partial charge in [-0.15, -0.1) is 0 Å². The van der Waals surface area contributed by atoms with E-state index in [-0.39, 0.29) is 24.7 Å². The van der Waals surface area contributed by atoms with Gasteiger partial charge in [-0.25, -0.2) is 9.59 Å². The van der Waals surface area contributed by atoms with Gasteiger partial charge in [-0.05, 0) is 58.9 Å². The van der Waals surface area contributed by atoms with Crippen molar-refractivity contribution in [3.05, 3.63) is 101 Å². The fourth-order valence-electron chi connectivity index (χ4n) is 8.58. The number of anilines is 1. The summed E-state index contributed by atoms with van der Waals surface area (Å²) in [5.74, 6) is -0.416. The second-order valence-corrected chi connectivity index (χ2v) is 15.5.